The highest BCUT2D eigenvalue weighted by molar-refractivity contribution is 7.47. The van der Waals surface area contributed by atoms with Gasteiger partial charge in [0.25, 0.3) is 0 Å². The molecule has 0 amide bonds. The van der Waals surface area contributed by atoms with Crippen LogP contribution in [-0.2, 0) is 32.7 Å². The van der Waals surface area contributed by atoms with Crippen LogP contribution < -0.4 is 5.73 Å². The Labute approximate surface area is 313 Å². The Morgan fingerprint density at radius 3 is 1.41 bits per heavy atom. The maximum atomic E-state index is 12.6. The molecule has 0 aliphatic heterocycles. The Bertz CT molecular complexity index is 856. The molecule has 0 aliphatic carbocycles. The molecule has 0 aromatic rings. The normalized spacial score (nSPS) is 13.4. The number of ether oxygens (including phenoxy) is 2. The Morgan fingerprint density at radius 1 is 0.569 bits per heavy atom. The van der Waals surface area contributed by atoms with Crippen LogP contribution >= 0.6 is 7.82 Å². The number of allylic oxidation sites excluding steroid dienone is 2. The zero-order valence-electron chi connectivity index (χ0n) is 33.1. The standard InChI is InChI=1S/C41H80NO8P/c1-3-5-7-9-11-13-15-17-18-19-20-22-24-26-28-30-32-34-41(44)50-39(38-49-51(45,46)48-36-35-42)37-47-40(43)33-31-29-27-25-23-21-16-14-12-10-8-6-4-2/h13,15,39H,3-12,14,16-38,42H2,1-2H3,(H,45,46)/b15-13+/t39-/m1/s1. The van der Waals surface area contributed by atoms with Crippen molar-refractivity contribution in [2.24, 2.45) is 5.73 Å². The molecule has 1 unspecified atom stereocenters. The molecule has 0 aliphatic rings. The fourth-order valence-electron chi connectivity index (χ4n) is 5.98. The maximum Gasteiger partial charge on any atom is 0.472 e. The summed E-state index contributed by atoms with van der Waals surface area (Å²) >= 11 is 0. The fourth-order valence-corrected chi connectivity index (χ4v) is 6.75. The molecule has 0 aromatic carbocycles. The van der Waals surface area contributed by atoms with Gasteiger partial charge in [0.05, 0.1) is 13.2 Å². The lowest BCUT2D eigenvalue weighted by Gasteiger charge is -2.19. The number of hydrogen-bond donors (Lipinski definition) is 2. The van der Waals surface area contributed by atoms with Gasteiger partial charge in [-0.15, -0.1) is 0 Å². The van der Waals surface area contributed by atoms with Gasteiger partial charge in [0.2, 0.25) is 0 Å². The Hall–Kier alpha value is -1.25. The zero-order chi connectivity index (χ0) is 37.5. The number of hydrogen-bond acceptors (Lipinski definition) is 8. The van der Waals surface area contributed by atoms with E-state index in [1.54, 1.807) is 0 Å². The summed E-state index contributed by atoms with van der Waals surface area (Å²) in [5.41, 5.74) is 5.34. The van der Waals surface area contributed by atoms with Gasteiger partial charge in [-0.05, 0) is 38.5 Å². The molecule has 10 heteroatoms. The molecule has 0 bridgehead atoms. The van der Waals surface area contributed by atoms with Crippen molar-refractivity contribution in [1.29, 1.82) is 0 Å². The van der Waals surface area contributed by atoms with Gasteiger partial charge in [-0.3, -0.25) is 18.6 Å². The molecule has 0 rings (SSSR count). The van der Waals surface area contributed by atoms with Crippen LogP contribution in [-0.4, -0.2) is 49.3 Å². The van der Waals surface area contributed by atoms with E-state index in [1.165, 1.54) is 135 Å². The first-order chi connectivity index (χ1) is 24.8. The monoisotopic (exact) mass is 746 g/mol. The molecule has 0 radical (unpaired) electrons. The van der Waals surface area contributed by atoms with Crippen LogP contribution in [0, 0.1) is 0 Å². The molecule has 0 saturated carbocycles. The van der Waals surface area contributed by atoms with E-state index in [9.17, 15) is 19.0 Å². The van der Waals surface area contributed by atoms with Crippen molar-refractivity contribution in [1.82, 2.24) is 0 Å². The second-order valence-electron chi connectivity index (χ2n) is 14.2. The molecule has 0 fully saturated rings. The predicted octanol–water partition coefficient (Wildman–Crippen LogP) is 11.8. The second-order valence-corrected chi connectivity index (χ2v) is 15.7. The van der Waals surface area contributed by atoms with Crippen LogP contribution in [0.1, 0.15) is 206 Å². The highest BCUT2D eigenvalue weighted by Crippen LogP contribution is 2.43. The van der Waals surface area contributed by atoms with Crippen LogP contribution in [0.2, 0.25) is 0 Å². The van der Waals surface area contributed by atoms with Crippen molar-refractivity contribution in [3.05, 3.63) is 12.2 Å². The summed E-state index contributed by atoms with van der Waals surface area (Å²) in [7, 11) is -4.37. The Kier molecular flexibility index (Phi) is 37.5. The molecule has 3 N–H and O–H groups in total. The molecule has 0 heterocycles. The molecule has 0 aromatic heterocycles. The first-order valence-electron chi connectivity index (χ1n) is 21.2. The number of nitrogens with two attached hydrogens (primary N) is 1. The zero-order valence-corrected chi connectivity index (χ0v) is 34.0. The van der Waals surface area contributed by atoms with Gasteiger partial charge in [-0.2, -0.15) is 0 Å². The third kappa shape index (κ3) is 38.3. The van der Waals surface area contributed by atoms with E-state index in [2.05, 4.69) is 26.0 Å². The molecular weight excluding hydrogens is 665 g/mol. The van der Waals surface area contributed by atoms with Crippen molar-refractivity contribution in [3.63, 3.8) is 0 Å². The minimum absolute atomic E-state index is 0.0559. The average Bonchev–Trinajstić information content (AvgIpc) is 3.11. The van der Waals surface area contributed by atoms with Crippen molar-refractivity contribution in [3.8, 4) is 0 Å². The SMILES string of the molecule is CCCCCC/C=C/CCCCCCCCCCCC(=O)O[C@H](COC(=O)CCCCCCCCCCCCCCC)COP(=O)(O)OCCN. The number of carbonyl (C=O) groups excluding carboxylic acids is 2. The predicted molar refractivity (Wildman–Crippen MR) is 211 cm³/mol. The lowest BCUT2D eigenvalue weighted by Crippen LogP contribution is -2.29. The topological polar surface area (TPSA) is 134 Å². The van der Waals surface area contributed by atoms with Crippen LogP contribution in [0.4, 0.5) is 0 Å². The number of phosphoric ester groups is 1. The van der Waals surface area contributed by atoms with Crippen LogP contribution in [0.3, 0.4) is 0 Å². The van der Waals surface area contributed by atoms with Crippen LogP contribution in [0.15, 0.2) is 12.2 Å². The number of esters is 2. The number of carbonyl (C=O) groups is 2. The average molecular weight is 746 g/mol. The summed E-state index contributed by atoms with van der Waals surface area (Å²) in [4.78, 5) is 34.8. The third-order valence-corrected chi connectivity index (χ3v) is 10.1. The fraction of sp³-hybridized carbons (Fsp3) is 0.902. The number of unbranched alkanes of at least 4 members (excludes halogenated alkanes) is 25. The maximum absolute atomic E-state index is 12.6. The number of rotatable bonds is 40. The molecular formula is C41H80NO8P. The van der Waals surface area contributed by atoms with E-state index in [0.29, 0.717) is 6.42 Å². The van der Waals surface area contributed by atoms with Gasteiger partial charge in [-0.1, -0.05) is 167 Å². The van der Waals surface area contributed by atoms with E-state index >= 15 is 0 Å². The molecule has 0 spiro atoms. The van der Waals surface area contributed by atoms with Gasteiger partial charge >= 0.3 is 19.8 Å². The van der Waals surface area contributed by atoms with E-state index in [1.807, 2.05) is 0 Å². The van der Waals surface area contributed by atoms with Gasteiger partial charge in [-0.25, -0.2) is 4.57 Å². The highest BCUT2D eigenvalue weighted by atomic mass is 31.2. The summed E-state index contributed by atoms with van der Waals surface area (Å²) in [5, 5.41) is 0. The van der Waals surface area contributed by atoms with Crippen molar-refractivity contribution in [2.75, 3.05) is 26.4 Å². The van der Waals surface area contributed by atoms with Crippen molar-refractivity contribution >= 4 is 19.8 Å². The Balaban J connectivity index is 4.13. The van der Waals surface area contributed by atoms with Gasteiger partial charge in [0.15, 0.2) is 6.10 Å². The van der Waals surface area contributed by atoms with Crippen LogP contribution in [0.25, 0.3) is 0 Å². The van der Waals surface area contributed by atoms with Gasteiger partial charge in [0.1, 0.15) is 6.61 Å². The Morgan fingerprint density at radius 2 is 0.961 bits per heavy atom. The lowest BCUT2D eigenvalue weighted by molar-refractivity contribution is -0.161. The second kappa shape index (κ2) is 38.5. The van der Waals surface area contributed by atoms with Gasteiger partial charge < -0.3 is 20.1 Å². The molecule has 2 atom stereocenters. The summed E-state index contributed by atoms with van der Waals surface area (Å²) < 4.78 is 32.7. The van der Waals surface area contributed by atoms with E-state index in [-0.39, 0.29) is 38.6 Å². The highest BCUT2D eigenvalue weighted by Gasteiger charge is 2.26. The molecule has 9 nitrogen and oxygen atoms in total. The largest absolute Gasteiger partial charge is 0.472 e. The van der Waals surface area contributed by atoms with E-state index in [0.717, 1.165) is 38.5 Å². The third-order valence-electron chi connectivity index (χ3n) is 9.15. The van der Waals surface area contributed by atoms with Gasteiger partial charge in [0, 0.05) is 19.4 Å². The summed E-state index contributed by atoms with van der Waals surface area (Å²) in [6.07, 6.45) is 38.0. The summed E-state index contributed by atoms with van der Waals surface area (Å²) in [6, 6.07) is 0. The first-order valence-corrected chi connectivity index (χ1v) is 22.7. The van der Waals surface area contributed by atoms with Crippen molar-refractivity contribution in [2.45, 2.75) is 213 Å². The quantitative estimate of drug-likeness (QED) is 0.0272. The smallest absolute Gasteiger partial charge is 0.462 e. The van der Waals surface area contributed by atoms with Crippen LogP contribution in [0.5, 0.6) is 0 Å². The molecule has 302 valence electrons. The summed E-state index contributed by atoms with van der Waals surface area (Å²) in [6.45, 7) is 3.74. The molecule has 51 heavy (non-hydrogen) atoms. The summed E-state index contributed by atoms with van der Waals surface area (Å²) in [5.74, 6) is -0.822. The van der Waals surface area contributed by atoms with E-state index < -0.39 is 26.5 Å². The minimum atomic E-state index is -4.37. The van der Waals surface area contributed by atoms with E-state index in [4.69, 9.17) is 24.3 Å². The minimum Gasteiger partial charge on any atom is -0.462 e. The first kappa shape index (κ1) is 49.8. The number of phosphoric acid groups is 1. The van der Waals surface area contributed by atoms with Crippen molar-refractivity contribution < 1.29 is 37.6 Å². The molecule has 0 saturated heterocycles. The lowest BCUT2D eigenvalue weighted by atomic mass is 10.0.